The van der Waals surface area contributed by atoms with Crippen LogP contribution in [-0.4, -0.2) is 27.8 Å². The predicted octanol–water partition coefficient (Wildman–Crippen LogP) is 3.42. The molecule has 0 aliphatic heterocycles. The SMILES string of the molecule is Cc1ccccc1NC(=O)C(C)OC(=O)c1cnn(Cc2ccccc2)c1. The molecule has 0 spiro atoms. The van der Waals surface area contributed by atoms with Crippen molar-refractivity contribution in [3.63, 3.8) is 0 Å². The number of aromatic nitrogens is 2. The number of nitrogens with zero attached hydrogens (tertiary/aromatic N) is 2. The van der Waals surface area contributed by atoms with Crippen LogP contribution in [0, 0.1) is 6.92 Å². The van der Waals surface area contributed by atoms with Gasteiger partial charge in [-0.3, -0.25) is 9.48 Å². The summed E-state index contributed by atoms with van der Waals surface area (Å²) >= 11 is 0. The summed E-state index contributed by atoms with van der Waals surface area (Å²) in [5, 5.41) is 6.95. The van der Waals surface area contributed by atoms with Gasteiger partial charge >= 0.3 is 5.97 Å². The van der Waals surface area contributed by atoms with Crippen molar-refractivity contribution in [2.75, 3.05) is 5.32 Å². The van der Waals surface area contributed by atoms with E-state index in [4.69, 9.17) is 4.74 Å². The third-order valence-electron chi connectivity index (χ3n) is 4.11. The van der Waals surface area contributed by atoms with Crippen LogP contribution in [0.3, 0.4) is 0 Å². The van der Waals surface area contributed by atoms with E-state index in [9.17, 15) is 9.59 Å². The Morgan fingerprint density at radius 1 is 1.11 bits per heavy atom. The zero-order chi connectivity index (χ0) is 19.2. The molecule has 2 aromatic carbocycles. The lowest BCUT2D eigenvalue weighted by atomic mass is 10.2. The standard InChI is InChI=1S/C21H21N3O3/c1-15-8-6-7-11-19(15)23-20(25)16(2)27-21(26)18-12-22-24(14-18)13-17-9-4-3-5-10-17/h3-12,14,16H,13H2,1-2H3,(H,23,25). The summed E-state index contributed by atoms with van der Waals surface area (Å²) in [6, 6.07) is 17.2. The van der Waals surface area contributed by atoms with Crippen LogP contribution >= 0.6 is 0 Å². The minimum atomic E-state index is -0.922. The second-order valence-electron chi connectivity index (χ2n) is 6.26. The summed E-state index contributed by atoms with van der Waals surface area (Å²) < 4.78 is 6.93. The Morgan fingerprint density at radius 3 is 2.56 bits per heavy atom. The van der Waals surface area contributed by atoms with Crippen molar-refractivity contribution in [2.45, 2.75) is 26.5 Å². The van der Waals surface area contributed by atoms with Gasteiger partial charge in [-0.05, 0) is 31.0 Å². The first kappa shape index (κ1) is 18.4. The van der Waals surface area contributed by atoms with Gasteiger partial charge in [0.05, 0.1) is 18.3 Å². The lowest BCUT2D eigenvalue weighted by Crippen LogP contribution is -2.30. The number of hydrogen-bond donors (Lipinski definition) is 1. The van der Waals surface area contributed by atoms with Crippen molar-refractivity contribution in [2.24, 2.45) is 0 Å². The monoisotopic (exact) mass is 363 g/mol. The molecule has 6 nitrogen and oxygen atoms in total. The zero-order valence-corrected chi connectivity index (χ0v) is 15.3. The fourth-order valence-electron chi connectivity index (χ4n) is 2.56. The molecule has 27 heavy (non-hydrogen) atoms. The Hall–Kier alpha value is -3.41. The molecule has 0 saturated carbocycles. The molecule has 1 atom stereocenters. The number of anilines is 1. The van der Waals surface area contributed by atoms with Crippen molar-refractivity contribution in [3.8, 4) is 0 Å². The molecule has 1 aromatic heterocycles. The van der Waals surface area contributed by atoms with Crippen LogP contribution in [0.1, 0.15) is 28.4 Å². The average molecular weight is 363 g/mol. The quantitative estimate of drug-likeness (QED) is 0.681. The normalized spacial score (nSPS) is 11.6. The molecular weight excluding hydrogens is 342 g/mol. The Labute approximate surface area is 157 Å². The Morgan fingerprint density at radius 2 is 1.81 bits per heavy atom. The van der Waals surface area contributed by atoms with Crippen LogP contribution < -0.4 is 5.32 Å². The van der Waals surface area contributed by atoms with Gasteiger partial charge in [0.15, 0.2) is 6.10 Å². The molecule has 0 radical (unpaired) electrons. The maximum Gasteiger partial charge on any atom is 0.342 e. The van der Waals surface area contributed by atoms with Gasteiger partial charge in [-0.1, -0.05) is 48.5 Å². The molecule has 0 bridgehead atoms. The lowest BCUT2D eigenvalue weighted by Gasteiger charge is -2.14. The van der Waals surface area contributed by atoms with Gasteiger partial charge in [-0.15, -0.1) is 0 Å². The number of para-hydroxylation sites is 1. The molecule has 1 N–H and O–H groups in total. The molecule has 1 amide bonds. The molecule has 6 heteroatoms. The highest BCUT2D eigenvalue weighted by Crippen LogP contribution is 2.14. The maximum atomic E-state index is 12.3. The first-order chi connectivity index (χ1) is 13.0. The summed E-state index contributed by atoms with van der Waals surface area (Å²) in [4.78, 5) is 24.6. The van der Waals surface area contributed by atoms with E-state index in [0.29, 0.717) is 17.8 Å². The highest BCUT2D eigenvalue weighted by Gasteiger charge is 2.20. The number of carbonyl (C=O) groups excluding carboxylic acids is 2. The summed E-state index contributed by atoms with van der Waals surface area (Å²) in [6.07, 6.45) is 2.13. The number of benzene rings is 2. The lowest BCUT2D eigenvalue weighted by molar-refractivity contribution is -0.123. The van der Waals surface area contributed by atoms with E-state index < -0.39 is 12.1 Å². The summed E-state index contributed by atoms with van der Waals surface area (Å²) in [5.74, 6) is -0.962. The zero-order valence-electron chi connectivity index (χ0n) is 15.3. The van der Waals surface area contributed by atoms with Gasteiger partial charge in [0.25, 0.3) is 5.91 Å². The van der Waals surface area contributed by atoms with Crippen LogP contribution in [0.25, 0.3) is 0 Å². The number of esters is 1. The van der Waals surface area contributed by atoms with Crippen molar-refractivity contribution >= 4 is 17.6 Å². The fourth-order valence-corrected chi connectivity index (χ4v) is 2.56. The summed E-state index contributed by atoms with van der Waals surface area (Å²) in [5.41, 5.74) is 3.01. The van der Waals surface area contributed by atoms with Gasteiger partial charge in [-0.25, -0.2) is 4.79 Å². The fraction of sp³-hybridized carbons (Fsp3) is 0.190. The van der Waals surface area contributed by atoms with Gasteiger partial charge in [0.2, 0.25) is 0 Å². The second-order valence-corrected chi connectivity index (χ2v) is 6.26. The van der Waals surface area contributed by atoms with E-state index in [1.807, 2.05) is 55.5 Å². The van der Waals surface area contributed by atoms with Crippen molar-refractivity contribution in [3.05, 3.63) is 83.7 Å². The summed E-state index contributed by atoms with van der Waals surface area (Å²) in [6.45, 7) is 3.99. The van der Waals surface area contributed by atoms with Crippen LogP contribution in [0.4, 0.5) is 5.69 Å². The van der Waals surface area contributed by atoms with Crippen molar-refractivity contribution in [1.29, 1.82) is 0 Å². The average Bonchev–Trinajstić information content (AvgIpc) is 3.13. The molecule has 138 valence electrons. The van der Waals surface area contributed by atoms with Crippen LogP contribution in [-0.2, 0) is 16.1 Å². The predicted molar refractivity (Wildman–Crippen MR) is 102 cm³/mol. The third-order valence-corrected chi connectivity index (χ3v) is 4.11. The maximum absolute atomic E-state index is 12.3. The van der Waals surface area contributed by atoms with E-state index in [1.54, 1.807) is 23.9 Å². The number of nitrogens with one attached hydrogen (secondary N) is 1. The molecule has 3 rings (SSSR count). The summed E-state index contributed by atoms with van der Waals surface area (Å²) in [7, 11) is 0. The molecule has 3 aromatic rings. The van der Waals surface area contributed by atoms with E-state index in [1.165, 1.54) is 6.20 Å². The highest BCUT2D eigenvalue weighted by molar-refractivity contribution is 5.97. The van der Waals surface area contributed by atoms with Crippen LogP contribution in [0.5, 0.6) is 0 Å². The third kappa shape index (κ3) is 4.82. The first-order valence-electron chi connectivity index (χ1n) is 8.67. The van der Waals surface area contributed by atoms with Crippen molar-refractivity contribution in [1.82, 2.24) is 9.78 Å². The van der Waals surface area contributed by atoms with Crippen LogP contribution in [0.15, 0.2) is 67.0 Å². The Bertz CT molecular complexity index is 935. The van der Waals surface area contributed by atoms with E-state index in [-0.39, 0.29) is 5.91 Å². The largest absolute Gasteiger partial charge is 0.449 e. The first-order valence-corrected chi connectivity index (χ1v) is 8.67. The van der Waals surface area contributed by atoms with Gasteiger partial charge in [0, 0.05) is 11.9 Å². The van der Waals surface area contributed by atoms with E-state index >= 15 is 0 Å². The van der Waals surface area contributed by atoms with Gasteiger partial charge in [0.1, 0.15) is 0 Å². The van der Waals surface area contributed by atoms with Gasteiger partial charge in [-0.2, -0.15) is 5.10 Å². The number of amides is 1. The number of hydrogen-bond acceptors (Lipinski definition) is 4. The van der Waals surface area contributed by atoms with Gasteiger partial charge < -0.3 is 10.1 Å². The van der Waals surface area contributed by atoms with E-state index in [0.717, 1.165) is 11.1 Å². The topological polar surface area (TPSA) is 73.2 Å². The minimum absolute atomic E-state index is 0.307. The smallest absolute Gasteiger partial charge is 0.342 e. The van der Waals surface area contributed by atoms with E-state index in [2.05, 4.69) is 10.4 Å². The number of rotatable bonds is 6. The molecule has 0 fully saturated rings. The number of ether oxygens (including phenoxy) is 1. The highest BCUT2D eigenvalue weighted by atomic mass is 16.5. The molecule has 1 heterocycles. The second kappa shape index (κ2) is 8.31. The van der Waals surface area contributed by atoms with Crippen LogP contribution in [0.2, 0.25) is 0 Å². The minimum Gasteiger partial charge on any atom is -0.449 e. The Balaban J connectivity index is 1.58. The van der Waals surface area contributed by atoms with Crippen molar-refractivity contribution < 1.29 is 14.3 Å². The molecular formula is C21H21N3O3. The molecule has 0 aliphatic rings. The molecule has 0 aliphatic carbocycles. The molecule has 0 saturated heterocycles. The molecule has 1 unspecified atom stereocenters. The Kier molecular flexibility index (Phi) is 5.66. The number of aryl methyl sites for hydroxylation is 1. The number of carbonyl (C=O) groups is 2.